The fourth-order valence-corrected chi connectivity index (χ4v) is 2.20. The Balaban J connectivity index is -0.000000394. The van der Waals surface area contributed by atoms with Crippen LogP contribution in [-0.2, 0) is 0 Å². The third-order valence-corrected chi connectivity index (χ3v) is 3.10. The van der Waals surface area contributed by atoms with Gasteiger partial charge in [-0.2, -0.15) is 0 Å². The smallest absolute Gasteiger partial charge is 0.0120 e. The summed E-state index contributed by atoms with van der Waals surface area (Å²) >= 11 is 0. The standard InChI is InChI=1S/C14H16.4C2H6/c1-9-6-5-7-13-11(3)8-10(2)12(4)14(9)13;4*1-2/h5-8H,1-4H3;4*1-2H3. The maximum atomic E-state index is 2.27. The van der Waals surface area contributed by atoms with Crippen LogP contribution in [0.3, 0.4) is 0 Å². The summed E-state index contributed by atoms with van der Waals surface area (Å²) in [6.45, 7) is 24.8. The number of hydrogen-bond donors (Lipinski definition) is 0. The van der Waals surface area contributed by atoms with Crippen molar-refractivity contribution in [1.29, 1.82) is 0 Å². The molecule has 0 atom stereocenters. The van der Waals surface area contributed by atoms with E-state index < -0.39 is 0 Å². The first-order valence-electron chi connectivity index (χ1n) is 9.07. The maximum absolute atomic E-state index is 2.27. The molecule has 22 heavy (non-hydrogen) atoms. The van der Waals surface area contributed by atoms with E-state index in [2.05, 4.69) is 52.0 Å². The predicted molar refractivity (Wildman–Crippen MR) is 108 cm³/mol. The van der Waals surface area contributed by atoms with Gasteiger partial charge in [-0.1, -0.05) is 79.7 Å². The SMILES string of the molecule is CC.CC.CC.CC.Cc1cc(C)c2cccc(C)c2c1C. The van der Waals surface area contributed by atoms with Gasteiger partial charge in [-0.15, -0.1) is 0 Å². The van der Waals surface area contributed by atoms with E-state index in [0.29, 0.717) is 0 Å². The molecule has 0 aromatic heterocycles. The Morgan fingerprint density at radius 2 is 1.00 bits per heavy atom. The van der Waals surface area contributed by atoms with E-state index in [4.69, 9.17) is 0 Å². The van der Waals surface area contributed by atoms with Crippen molar-refractivity contribution < 1.29 is 0 Å². The topological polar surface area (TPSA) is 0 Å². The van der Waals surface area contributed by atoms with Gasteiger partial charge in [0, 0.05) is 0 Å². The molecular weight excluding hydrogens is 264 g/mol. The summed E-state index contributed by atoms with van der Waals surface area (Å²) in [5.41, 5.74) is 5.58. The molecule has 2 aromatic rings. The zero-order chi connectivity index (χ0) is 18.3. The lowest BCUT2D eigenvalue weighted by Gasteiger charge is -2.11. The first-order chi connectivity index (χ1) is 10.6. The molecule has 0 nitrogen and oxygen atoms in total. The minimum Gasteiger partial charge on any atom is -0.0683 e. The molecule has 0 heterocycles. The Bertz CT molecular complexity index is 493. The summed E-state index contributed by atoms with van der Waals surface area (Å²) in [6.07, 6.45) is 0. The van der Waals surface area contributed by atoms with Gasteiger partial charge in [0.15, 0.2) is 0 Å². The zero-order valence-corrected chi connectivity index (χ0v) is 17.3. The van der Waals surface area contributed by atoms with Crippen molar-refractivity contribution in [3.63, 3.8) is 0 Å². The third-order valence-electron chi connectivity index (χ3n) is 3.10. The second-order valence-corrected chi connectivity index (χ2v) is 4.13. The molecule has 2 rings (SSSR count). The van der Waals surface area contributed by atoms with E-state index in [1.165, 1.54) is 33.0 Å². The number of benzene rings is 2. The molecule has 0 heteroatoms. The van der Waals surface area contributed by atoms with Crippen LogP contribution < -0.4 is 0 Å². The molecular formula is C22H40. The predicted octanol–water partition coefficient (Wildman–Crippen LogP) is 8.18. The highest BCUT2D eigenvalue weighted by Gasteiger charge is 2.05. The second-order valence-electron chi connectivity index (χ2n) is 4.13. The highest BCUT2D eigenvalue weighted by atomic mass is 14.1. The van der Waals surface area contributed by atoms with Crippen LogP contribution in [0.25, 0.3) is 10.8 Å². The van der Waals surface area contributed by atoms with Crippen molar-refractivity contribution in [2.75, 3.05) is 0 Å². The van der Waals surface area contributed by atoms with Crippen molar-refractivity contribution in [3.8, 4) is 0 Å². The van der Waals surface area contributed by atoms with E-state index >= 15 is 0 Å². The maximum Gasteiger partial charge on any atom is -0.0120 e. The molecule has 0 saturated carbocycles. The van der Waals surface area contributed by atoms with Gasteiger partial charge in [0.1, 0.15) is 0 Å². The van der Waals surface area contributed by atoms with Gasteiger partial charge < -0.3 is 0 Å². The molecule has 0 bridgehead atoms. The van der Waals surface area contributed by atoms with Gasteiger partial charge in [-0.05, 0) is 60.7 Å². The van der Waals surface area contributed by atoms with Crippen LogP contribution in [0.15, 0.2) is 24.3 Å². The largest absolute Gasteiger partial charge is 0.0683 e. The van der Waals surface area contributed by atoms with Crippen LogP contribution in [0.2, 0.25) is 0 Å². The summed E-state index contributed by atoms with van der Waals surface area (Å²) in [7, 11) is 0. The summed E-state index contributed by atoms with van der Waals surface area (Å²) in [4.78, 5) is 0. The van der Waals surface area contributed by atoms with Crippen molar-refractivity contribution in [1.82, 2.24) is 0 Å². The van der Waals surface area contributed by atoms with Gasteiger partial charge >= 0.3 is 0 Å². The molecule has 0 aliphatic rings. The molecule has 0 unspecified atom stereocenters. The van der Waals surface area contributed by atoms with Crippen LogP contribution in [0, 0.1) is 27.7 Å². The summed E-state index contributed by atoms with van der Waals surface area (Å²) in [5, 5.41) is 2.83. The van der Waals surface area contributed by atoms with Crippen LogP contribution in [-0.4, -0.2) is 0 Å². The molecule has 0 saturated heterocycles. The molecule has 0 amide bonds. The fourth-order valence-electron chi connectivity index (χ4n) is 2.20. The first kappa shape index (κ1) is 25.6. The van der Waals surface area contributed by atoms with E-state index in [0.717, 1.165) is 0 Å². The Labute approximate surface area is 141 Å². The van der Waals surface area contributed by atoms with Gasteiger partial charge in [0.05, 0.1) is 0 Å². The van der Waals surface area contributed by atoms with Crippen LogP contribution in [0.1, 0.15) is 77.6 Å². The van der Waals surface area contributed by atoms with Crippen molar-refractivity contribution in [2.24, 2.45) is 0 Å². The number of hydrogen-bond acceptors (Lipinski definition) is 0. The molecule has 0 aliphatic carbocycles. The van der Waals surface area contributed by atoms with Gasteiger partial charge in [0.25, 0.3) is 0 Å². The third kappa shape index (κ3) is 7.11. The molecule has 128 valence electrons. The van der Waals surface area contributed by atoms with Gasteiger partial charge in [-0.3, -0.25) is 0 Å². The minimum absolute atomic E-state index is 1.38. The average molecular weight is 305 g/mol. The number of rotatable bonds is 0. The fraction of sp³-hybridized carbons (Fsp3) is 0.545. The van der Waals surface area contributed by atoms with Crippen molar-refractivity contribution in [3.05, 3.63) is 46.5 Å². The quantitative estimate of drug-likeness (QED) is 0.460. The first-order valence-corrected chi connectivity index (χ1v) is 9.07. The summed E-state index contributed by atoms with van der Waals surface area (Å²) in [5.74, 6) is 0. The Morgan fingerprint density at radius 3 is 1.45 bits per heavy atom. The highest BCUT2D eigenvalue weighted by molar-refractivity contribution is 5.92. The van der Waals surface area contributed by atoms with Gasteiger partial charge in [-0.25, -0.2) is 0 Å². The van der Waals surface area contributed by atoms with E-state index in [-0.39, 0.29) is 0 Å². The van der Waals surface area contributed by atoms with E-state index in [1.54, 1.807) is 0 Å². The molecule has 0 radical (unpaired) electrons. The van der Waals surface area contributed by atoms with Crippen molar-refractivity contribution in [2.45, 2.75) is 83.1 Å². The zero-order valence-electron chi connectivity index (χ0n) is 17.3. The summed E-state index contributed by atoms with van der Waals surface area (Å²) in [6, 6.07) is 8.81. The van der Waals surface area contributed by atoms with E-state index in [9.17, 15) is 0 Å². The molecule has 2 aromatic carbocycles. The van der Waals surface area contributed by atoms with Crippen LogP contribution in [0.5, 0.6) is 0 Å². The monoisotopic (exact) mass is 304 g/mol. The van der Waals surface area contributed by atoms with Gasteiger partial charge in [0.2, 0.25) is 0 Å². The molecule has 0 spiro atoms. The minimum atomic E-state index is 1.38. The molecule has 0 fully saturated rings. The second kappa shape index (κ2) is 16.1. The van der Waals surface area contributed by atoms with Crippen LogP contribution in [0.4, 0.5) is 0 Å². The van der Waals surface area contributed by atoms with E-state index in [1.807, 2.05) is 55.4 Å². The Hall–Kier alpha value is -1.30. The van der Waals surface area contributed by atoms with Crippen molar-refractivity contribution >= 4 is 10.8 Å². The molecule has 0 N–H and O–H groups in total. The Kier molecular flexibility index (Phi) is 18.7. The highest BCUT2D eigenvalue weighted by Crippen LogP contribution is 2.27. The Morgan fingerprint density at radius 1 is 0.545 bits per heavy atom. The lowest BCUT2D eigenvalue weighted by Crippen LogP contribution is -1.89. The summed E-state index contributed by atoms with van der Waals surface area (Å²) < 4.78 is 0. The lowest BCUT2D eigenvalue weighted by atomic mass is 9.94. The average Bonchev–Trinajstić information content (AvgIpc) is 2.60. The molecule has 0 aliphatic heterocycles. The lowest BCUT2D eigenvalue weighted by molar-refractivity contribution is 1.33. The number of aryl methyl sites for hydroxylation is 4. The normalized spacial score (nSPS) is 8.00. The number of fused-ring (bicyclic) bond motifs is 1. The van der Waals surface area contributed by atoms with Crippen LogP contribution >= 0.6 is 0 Å².